The molecule has 66 valence electrons. The summed E-state index contributed by atoms with van der Waals surface area (Å²) in [5.74, 6) is 0. The first-order chi connectivity index (χ1) is 5.31. The molecule has 3 N–H and O–H groups in total. The van der Waals surface area contributed by atoms with Gasteiger partial charge in [-0.2, -0.15) is 0 Å². The van der Waals surface area contributed by atoms with Crippen molar-refractivity contribution in [2.45, 2.75) is 6.42 Å². The Morgan fingerprint density at radius 2 is 1.75 bits per heavy atom. The Kier molecular flexibility index (Phi) is 5.31. The van der Waals surface area contributed by atoms with E-state index < -0.39 is 0 Å². The maximum absolute atomic E-state index is 3.15. The molecule has 0 atom stereocenters. The molecule has 0 unspecified atom stereocenters. The number of rotatable bonds is 3. The monoisotopic (exact) mass is 243 g/mol. The molecule has 0 spiro atoms. The summed E-state index contributed by atoms with van der Waals surface area (Å²) >= 11 is 0. The van der Waals surface area contributed by atoms with Crippen molar-refractivity contribution in [3.8, 4) is 0 Å². The summed E-state index contributed by atoms with van der Waals surface area (Å²) in [5.41, 5.74) is 3.67. The van der Waals surface area contributed by atoms with Crippen LogP contribution in [0.15, 0.2) is 23.2 Å². The minimum atomic E-state index is 0. The van der Waals surface area contributed by atoms with Crippen molar-refractivity contribution in [2.24, 2.45) is 0 Å². The van der Waals surface area contributed by atoms with Crippen molar-refractivity contribution >= 4 is 0 Å². The van der Waals surface area contributed by atoms with Gasteiger partial charge in [0.2, 0.25) is 0 Å². The van der Waals surface area contributed by atoms with E-state index in [4.69, 9.17) is 0 Å². The first kappa shape index (κ1) is 11.8. The normalized spacial score (nSPS) is 15.1. The van der Waals surface area contributed by atoms with Crippen LogP contribution in [-0.4, -0.2) is 21.1 Å². The molecular formula is C8H15N3Zr. The van der Waals surface area contributed by atoms with Crippen molar-refractivity contribution in [3.63, 3.8) is 0 Å². The van der Waals surface area contributed by atoms with Gasteiger partial charge in [0.25, 0.3) is 0 Å². The predicted molar refractivity (Wildman–Crippen MR) is 46.9 cm³/mol. The van der Waals surface area contributed by atoms with Crippen LogP contribution in [0.4, 0.5) is 0 Å². The summed E-state index contributed by atoms with van der Waals surface area (Å²) in [6.45, 7) is 0. The number of likely N-dealkylation sites (N-methyl/N-ethyl adjacent to an activating group) is 1. The van der Waals surface area contributed by atoms with Gasteiger partial charge in [-0.05, 0) is 6.08 Å². The molecule has 0 saturated carbocycles. The first-order valence-corrected chi connectivity index (χ1v) is 3.78. The van der Waals surface area contributed by atoms with Crippen molar-refractivity contribution in [2.75, 3.05) is 21.1 Å². The fraction of sp³-hybridized carbons (Fsp3) is 0.500. The Hall–Kier alpha value is -0.237. The molecule has 0 aromatic rings. The third-order valence-corrected chi connectivity index (χ3v) is 1.90. The molecule has 12 heavy (non-hydrogen) atoms. The zero-order chi connectivity index (χ0) is 8.27. The van der Waals surface area contributed by atoms with Crippen LogP contribution in [0.25, 0.3) is 0 Å². The quantitative estimate of drug-likeness (QED) is 0.661. The molecular weight excluding hydrogens is 229 g/mol. The maximum atomic E-state index is 3.15. The van der Waals surface area contributed by atoms with E-state index >= 15 is 0 Å². The molecule has 0 bridgehead atoms. The molecule has 0 aliphatic heterocycles. The van der Waals surface area contributed by atoms with Gasteiger partial charge in [0.15, 0.2) is 0 Å². The van der Waals surface area contributed by atoms with Crippen LogP contribution < -0.4 is 16.0 Å². The molecule has 0 aromatic carbocycles. The summed E-state index contributed by atoms with van der Waals surface area (Å²) < 4.78 is 0. The van der Waals surface area contributed by atoms with E-state index in [-0.39, 0.29) is 26.2 Å². The minimum absolute atomic E-state index is 0. The Morgan fingerprint density at radius 1 is 1.08 bits per heavy atom. The number of allylic oxidation sites excluding steroid dienone is 1. The summed E-state index contributed by atoms with van der Waals surface area (Å²) in [6, 6.07) is 0. The third kappa shape index (κ3) is 2.38. The van der Waals surface area contributed by atoms with Crippen molar-refractivity contribution < 1.29 is 26.2 Å². The predicted octanol–water partition coefficient (Wildman–Crippen LogP) is 0.141. The third-order valence-electron chi connectivity index (χ3n) is 1.90. The van der Waals surface area contributed by atoms with E-state index in [0.29, 0.717) is 0 Å². The summed E-state index contributed by atoms with van der Waals surface area (Å²) in [4.78, 5) is 0. The average molecular weight is 244 g/mol. The molecule has 1 aliphatic carbocycles. The van der Waals surface area contributed by atoms with E-state index in [2.05, 4.69) is 22.0 Å². The molecule has 0 aromatic heterocycles. The van der Waals surface area contributed by atoms with Gasteiger partial charge in [0.05, 0.1) is 5.70 Å². The SMILES string of the molecule is CNC1=CC(NC)=C(NC)C1.[Zr]. The number of nitrogens with one attached hydrogen (secondary N) is 3. The molecule has 0 amide bonds. The minimum Gasteiger partial charge on any atom is -0.391 e. The Balaban J connectivity index is 0.00000121. The average Bonchev–Trinajstić information content (AvgIpc) is 2.46. The Labute approximate surface area is 92.8 Å². The zero-order valence-electron chi connectivity index (χ0n) is 7.78. The van der Waals surface area contributed by atoms with E-state index in [1.165, 1.54) is 17.1 Å². The van der Waals surface area contributed by atoms with Gasteiger partial charge in [-0.25, -0.2) is 0 Å². The van der Waals surface area contributed by atoms with Gasteiger partial charge < -0.3 is 16.0 Å². The van der Waals surface area contributed by atoms with E-state index in [1.807, 2.05) is 21.1 Å². The molecule has 1 aliphatic rings. The van der Waals surface area contributed by atoms with Crippen LogP contribution in [0.5, 0.6) is 0 Å². The van der Waals surface area contributed by atoms with Crippen LogP contribution in [-0.2, 0) is 26.2 Å². The molecule has 0 fully saturated rings. The summed E-state index contributed by atoms with van der Waals surface area (Å²) in [7, 11) is 5.82. The van der Waals surface area contributed by atoms with Gasteiger partial charge >= 0.3 is 0 Å². The topological polar surface area (TPSA) is 36.1 Å². The van der Waals surface area contributed by atoms with Gasteiger partial charge in [-0.15, -0.1) is 0 Å². The van der Waals surface area contributed by atoms with Crippen LogP contribution in [0.3, 0.4) is 0 Å². The Bertz CT molecular complexity index is 208. The van der Waals surface area contributed by atoms with Gasteiger partial charge in [-0.1, -0.05) is 0 Å². The molecule has 0 radical (unpaired) electrons. The van der Waals surface area contributed by atoms with E-state index in [9.17, 15) is 0 Å². The zero-order valence-corrected chi connectivity index (χ0v) is 10.2. The standard InChI is InChI=1S/C8H15N3.Zr/c1-9-6-4-7(10-2)8(5-6)11-3;/h4,9-11H,5H2,1-3H3;. The molecule has 0 saturated heterocycles. The first-order valence-electron chi connectivity index (χ1n) is 3.78. The molecule has 0 heterocycles. The van der Waals surface area contributed by atoms with E-state index in [1.54, 1.807) is 0 Å². The number of hydrogen-bond donors (Lipinski definition) is 3. The van der Waals surface area contributed by atoms with Crippen LogP contribution >= 0.6 is 0 Å². The fourth-order valence-electron chi connectivity index (χ4n) is 1.20. The van der Waals surface area contributed by atoms with Crippen LogP contribution in [0.2, 0.25) is 0 Å². The van der Waals surface area contributed by atoms with Crippen molar-refractivity contribution in [3.05, 3.63) is 23.2 Å². The fourth-order valence-corrected chi connectivity index (χ4v) is 1.20. The van der Waals surface area contributed by atoms with Gasteiger partial charge in [0, 0.05) is 65.2 Å². The van der Waals surface area contributed by atoms with Gasteiger partial charge in [-0.3, -0.25) is 0 Å². The smallest absolute Gasteiger partial charge is 0.0551 e. The van der Waals surface area contributed by atoms with Crippen LogP contribution in [0, 0.1) is 0 Å². The Morgan fingerprint density at radius 3 is 2.08 bits per heavy atom. The maximum Gasteiger partial charge on any atom is 0.0551 e. The summed E-state index contributed by atoms with van der Waals surface area (Å²) in [6.07, 6.45) is 3.09. The largest absolute Gasteiger partial charge is 0.391 e. The van der Waals surface area contributed by atoms with Crippen LogP contribution in [0.1, 0.15) is 6.42 Å². The second kappa shape index (κ2) is 5.42. The second-order valence-corrected chi connectivity index (χ2v) is 2.49. The number of hydrogen-bond acceptors (Lipinski definition) is 3. The van der Waals surface area contributed by atoms with Gasteiger partial charge in [0.1, 0.15) is 0 Å². The van der Waals surface area contributed by atoms with E-state index in [0.717, 1.165) is 6.42 Å². The molecule has 4 heteroatoms. The summed E-state index contributed by atoms with van der Waals surface area (Å²) in [5, 5.41) is 9.42. The second-order valence-electron chi connectivity index (χ2n) is 2.49. The molecule has 1 rings (SSSR count). The van der Waals surface area contributed by atoms with Crippen molar-refractivity contribution in [1.29, 1.82) is 0 Å². The van der Waals surface area contributed by atoms with Crippen molar-refractivity contribution in [1.82, 2.24) is 16.0 Å². The molecule has 3 nitrogen and oxygen atoms in total.